The molecule has 0 aromatic heterocycles. The molecule has 0 aliphatic carbocycles. The summed E-state index contributed by atoms with van der Waals surface area (Å²) in [6.07, 6.45) is 0. The quantitative estimate of drug-likeness (QED) is 0.809. The van der Waals surface area contributed by atoms with Gasteiger partial charge in [0.2, 0.25) is 0 Å². The van der Waals surface area contributed by atoms with Crippen molar-refractivity contribution in [3.8, 4) is 11.5 Å². The molecule has 128 valence electrons. The van der Waals surface area contributed by atoms with Gasteiger partial charge in [0.15, 0.2) is 18.1 Å². The van der Waals surface area contributed by atoms with Gasteiger partial charge in [0, 0.05) is 13.1 Å². The van der Waals surface area contributed by atoms with Gasteiger partial charge in [-0.25, -0.2) is 0 Å². The van der Waals surface area contributed by atoms with Gasteiger partial charge in [-0.05, 0) is 37.4 Å². The van der Waals surface area contributed by atoms with Crippen molar-refractivity contribution in [2.24, 2.45) is 0 Å². The number of benzene rings is 2. The minimum Gasteiger partial charge on any atom is -0.493 e. The molecule has 1 amide bonds. The Bertz CT molecular complexity index is 671. The first kappa shape index (κ1) is 17.8. The largest absolute Gasteiger partial charge is 0.493 e. The monoisotopic (exact) mass is 328 g/mol. The number of amides is 1. The fraction of sp³-hybridized carbons (Fsp3) is 0.316. The van der Waals surface area contributed by atoms with E-state index in [2.05, 4.69) is 16.3 Å². The van der Waals surface area contributed by atoms with Gasteiger partial charge >= 0.3 is 0 Å². The summed E-state index contributed by atoms with van der Waals surface area (Å²) >= 11 is 0. The van der Waals surface area contributed by atoms with Crippen molar-refractivity contribution in [2.45, 2.75) is 13.1 Å². The van der Waals surface area contributed by atoms with Crippen molar-refractivity contribution in [1.29, 1.82) is 0 Å². The number of rotatable bonds is 8. The number of carbonyl (C=O) groups excluding carboxylic acids is 1. The summed E-state index contributed by atoms with van der Waals surface area (Å²) in [7, 11) is 5.62. The van der Waals surface area contributed by atoms with Gasteiger partial charge in [0.25, 0.3) is 5.91 Å². The molecule has 5 nitrogen and oxygen atoms in total. The van der Waals surface area contributed by atoms with Gasteiger partial charge in [-0.3, -0.25) is 4.79 Å². The van der Waals surface area contributed by atoms with Crippen LogP contribution in [0.2, 0.25) is 0 Å². The van der Waals surface area contributed by atoms with Crippen LogP contribution in [0.25, 0.3) is 0 Å². The van der Waals surface area contributed by atoms with E-state index < -0.39 is 0 Å². The SMILES string of the molecule is COc1ccccc1OCC(=O)NCc1ccccc1CN(C)C. The summed E-state index contributed by atoms with van der Waals surface area (Å²) in [6.45, 7) is 1.28. The number of methoxy groups -OCH3 is 1. The molecule has 0 aliphatic heterocycles. The van der Waals surface area contributed by atoms with Gasteiger partial charge in [-0.1, -0.05) is 36.4 Å². The summed E-state index contributed by atoms with van der Waals surface area (Å²) in [4.78, 5) is 14.1. The number of hydrogen-bond donors (Lipinski definition) is 1. The number of nitrogens with zero attached hydrogens (tertiary/aromatic N) is 1. The zero-order valence-electron chi connectivity index (χ0n) is 14.4. The summed E-state index contributed by atoms with van der Waals surface area (Å²) in [5.74, 6) is 1.00. The second kappa shape index (κ2) is 8.93. The standard InChI is InChI=1S/C19H24N2O3/c1-21(2)13-16-9-5-4-8-15(16)12-20-19(22)14-24-18-11-7-6-10-17(18)23-3/h4-11H,12-14H2,1-3H3,(H,20,22). The molecule has 0 aliphatic rings. The van der Waals surface area contributed by atoms with Gasteiger partial charge in [-0.15, -0.1) is 0 Å². The van der Waals surface area contributed by atoms with Crippen molar-refractivity contribution in [1.82, 2.24) is 10.2 Å². The predicted molar refractivity (Wildman–Crippen MR) is 94.2 cm³/mol. The molecule has 0 spiro atoms. The zero-order chi connectivity index (χ0) is 17.4. The summed E-state index contributed by atoms with van der Waals surface area (Å²) in [5.41, 5.74) is 2.31. The molecule has 1 N–H and O–H groups in total. The van der Waals surface area contributed by atoms with Crippen molar-refractivity contribution in [2.75, 3.05) is 27.8 Å². The van der Waals surface area contributed by atoms with Crippen LogP contribution in [0.15, 0.2) is 48.5 Å². The highest BCUT2D eigenvalue weighted by Gasteiger charge is 2.08. The molecule has 0 unspecified atom stereocenters. The number of carbonyl (C=O) groups is 1. The number of hydrogen-bond acceptors (Lipinski definition) is 4. The first-order valence-electron chi connectivity index (χ1n) is 7.84. The Morgan fingerprint density at radius 2 is 1.62 bits per heavy atom. The topological polar surface area (TPSA) is 50.8 Å². The van der Waals surface area contributed by atoms with Gasteiger partial charge in [0.1, 0.15) is 0 Å². The molecular weight excluding hydrogens is 304 g/mol. The van der Waals surface area contributed by atoms with Crippen molar-refractivity contribution >= 4 is 5.91 Å². The van der Waals surface area contributed by atoms with E-state index in [0.717, 1.165) is 12.1 Å². The van der Waals surface area contributed by atoms with Crippen LogP contribution in [0.5, 0.6) is 11.5 Å². The lowest BCUT2D eigenvalue weighted by molar-refractivity contribution is -0.123. The van der Waals surface area contributed by atoms with Gasteiger partial charge in [-0.2, -0.15) is 0 Å². The molecule has 0 fully saturated rings. The van der Waals surface area contributed by atoms with Crippen molar-refractivity contribution in [3.63, 3.8) is 0 Å². The van der Waals surface area contributed by atoms with E-state index in [4.69, 9.17) is 9.47 Å². The summed E-state index contributed by atoms with van der Waals surface area (Å²) in [5, 5.41) is 2.90. The number of nitrogens with one attached hydrogen (secondary N) is 1. The third kappa shape index (κ3) is 5.28. The average molecular weight is 328 g/mol. The zero-order valence-corrected chi connectivity index (χ0v) is 14.4. The van der Waals surface area contributed by atoms with E-state index in [1.165, 1.54) is 5.56 Å². The molecule has 2 rings (SSSR count). The third-order valence-electron chi connectivity index (χ3n) is 3.51. The van der Waals surface area contributed by atoms with Crippen LogP contribution in [0, 0.1) is 0 Å². The highest BCUT2D eigenvalue weighted by molar-refractivity contribution is 5.77. The normalized spacial score (nSPS) is 10.5. The van der Waals surface area contributed by atoms with Crippen LogP contribution in [-0.2, 0) is 17.9 Å². The van der Waals surface area contributed by atoms with Crippen LogP contribution >= 0.6 is 0 Å². The maximum atomic E-state index is 12.0. The van der Waals surface area contributed by atoms with Crippen LogP contribution in [0.4, 0.5) is 0 Å². The van der Waals surface area contributed by atoms with Crippen LogP contribution in [0.3, 0.4) is 0 Å². The first-order valence-corrected chi connectivity index (χ1v) is 7.84. The molecule has 24 heavy (non-hydrogen) atoms. The molecule has 0 atom stereocenters. The second-order valence-electron chi connectivity index (χ2n) is 5.72. The Balaban J connectivity index is 1.87. The van der Waals surface area contributed by atoms with E-state index in [-0.39, 0.29) is 12.5 Å². The molecule has 5 heteroatoms. The van der Waals surface area contributed by atoms with Gasteiger partial charge < -0.3 is 19.7 Å². The smallest absolute Gasteiger partial charge is 0.258 e. The van der Waals surface area contributed by atoms with E-state index in [9.17, 15) is 4.79 Å². The lowest BCUT2D eigenvalue weighted by Gasteiger charge is -2.15. The molecule has 0 saturated heterocycles. The predicted octanol–water partition coefficient (Wildman–Crippen LogP) is 2.45. The van der Waals surface area contributed by atoms with Crippen molar-refractivity contribution < 1.29 is 14.3 Å². The molecule has 2 aromatic rings. The molecule has 2 aromatic carbocycles. The molecular formula is C19H24N2O3. The first-order chi connectivity index (χ1) is 11.6. The fourth-order valence-corrected chi connectivity index (χ4v) is 2.35. The third-order valence-corrected chi connectivity index (χ3v) is 3.51. The fourth-order valence-electron chi connectivity index (χ4n) is 2.35. The number of para-hydroxylation sites is 2. The van der Waals surface area contributed by atoms with Crippen molar-refractivity contribution in [3.05, 3.63) is 59.7 Å². The minimum atomic E-state index is -0.166. The Morgan fingerprint density at radius 1 is 1.00 bits per heavy atom. The van der Waals surface area contributed by atoms with Crippen LogP contribution in [0.1, 0.15) is 11.1 Å². The van der Waals surface area contributed by atoms with E-state index in [1.807, 2.05) is 44.4 Å². The van der Waals surface area contributed by atoms with Crippen LogP contribution < -0.4 is 14.8 Å². The lowest BCUT2D eigenvalue weighted by atomic mass is 10.1. The molecule has 0 heterocycles. The highest BCUT2D eigenvalue weighted by Crippen LogP contribution is 2.25. The van der Waals surface area contributed by atoms with E-state index in [0.29, 0.717) is 18.0 Å². The molecule has 0 saturated carbocycles. The highest BCUT2D eigenvalue weighted by atomic mass is 16.5. The van der Waals surface area contributed by atoms with E-state index >= 15 is 0 Å². The summed E-state index contributed by atoms with van der Waals surface area (Å²) in [6, 6.07) is 15.4. The Kier molecular flexibility index (Phi) is 6.63. The number of ether oxygens (including phenoxy) is 2. The van der Waals surface area contributed by atoms with E-state index in [1.54, 1.807) is 19.2 Å². The Hall–Kier alpha value is -2.53. The van der Waals surface area contributed by atoms with Gasteiger partial charge in [0.05, 0.1) is 7.11 Å². The minimum absolute atomic E-state index is 0.0454. The second-order valence-corrected chi connectivity index (χ2v) is 5.72. The Morgan fingerprint density at radius 3 is 2.29 bits per heavy atom. The van der Waals surface area contributed by atoms with Crippen LogP contribution in [-0.4, -0.2) is 38.6 Å². The summed E-state index contributed by atoms with van der Waals surface area (Å²) < 4.78 is 10.7. The maximum absolute atomic E-state index is 12.0. The molecule has 0 bridgehead atoms. The molecule has 0 radical (unpaired) electrons. The lowest BCUT2D eigenvalue weighted by Crippen LogP contribution is -2.29. The average Bonchev–Trinajstić information content (AvgIpc) is 2.59. The maximum Gasteiger partial charge on any atom is 0.258 e. The Labute approximate surface area is 143 Å².